The number of nitrogens with zero attached hydrogens (tertiary/aromatic N) is 1. The van der Waals surface area contributed by atoms with Gasteiger partial charge in [0.05, 0.1) is 24.6 Å². The summed E-state index contributed by atoms with van der Waals surface area (Å²) in [7, 11) is 0. The number of hydrogen-bond donors (Lipinski definition) is 2. The maximum absolute atomic E-state index is 13.8. The fraction of sp³-hybridized carbons (Fsp3) is 0.364. The summed E-state index contributed by atoms with van der Waals surface area (Å²) in [6.07, 6.45) is -0.695. The molecule has 2 aromatic carbocycles. The summed E-state index contributed by atoms with van der Waals surface area (Å²) in [6, 6.07) is 10.9. The van der Waals surface area contributed by atoms with Gasteiger partial charge in [0, 0.05) is 24.3 Å². The molecule has 0 saturated carbocycles. The Labute approximate surface area is 175 Å². The van der Waals surface area contributed by atoms with Gasteiger partial charge >= 0.3 is 6.09 Å². The van der Waals surface area contributed by atoms with Crippen LogP contribution in [-0.4, -0.2) is 43.9 Å². The number of carbonyl (C=O) groups is 2. The molecule has 1 aliphatic heterocycles. The van der Waals surface area contributed by atoms with Crippen LogP contribution < -0.4 is 15.5 Å². The molecule has 3 rings (SSSR count). The van der Waals surface area contributed by atoms with Crippen molar-refractivity contribution in [2.24, 2.45) is 0 Å². The van der Waals surface area contributed by atoms with Crippen molar-refractivity contribution < 1.29 is 23.5 Å². The van der Waals surface area contributed by atoms with E-state index in [4.69, 9.17) is 9.47 Å². The highest BCUT2D eigenvalue weighted by atomic mass is 19.1. The number of carbonyl (C=O) groups excluding carboxylic acids is 2. The van der Waals surface area contributed by atoms with Gasteiger partial charge in [0.1, 0.15) is 11.4 Å². The summed E-state index contributed by atoms with van der Waals surface area (Å²) in [5.74, 6) is -0.955. The Hall–Kier alpha value is -3.13. The van der Waals surface area contributed by atoms with Crippen LogP contribution in [0.4, 0.5) is 26.2 Å². The minimum absolute atomic E-state index is 0.142. The van der Waals surface area contributed by atoms with Gasteiger partial charge in [-0.2, -0.15) is 0 Å². The van der Waals surface area contributed by atoms with Gasteiger partial charge < -0.3 is 19.7 Å². The van der Waals surface area contributed by atoms with Crippen LogP contribution in [0.15, 0.2) is 42.5 Å². The van der Waals surface area contributed by atoms with E-state index in [1.165, 1.54) is 12.1 Å². The van der Waals surface area contributed by atoms with E-state index in [0.717, 1.165) is 24.8 Å². The molecule has 0 atom stereocenters. The number of benzene rings is 2. The molecule has 1 aliphatic rings. The fourth-order valence-electron chi connectivity index (χ4n) is 2.98. The molecule has 0 radical (unpaired) electrons. The summed E-state index contributed by atoms with van der Waals surface area (Å²) in [5.41, 5.74) is 1.12. The SMILES string of the molecule is CC(C)(C)OC(=O)Nc1ccc(F)cc1NC(=O)c1ccc(N2CCOCC2)cc1. The van der Waals surface area contributed by atoms with Gasteiger partial charge in [0.2, 0.25) is 0 Å². The summed E-state index contributed by atoms with van der Waals surface area (Å²) in [6.45, 7) is 8.16. The van der Waals surface area contributed by atoms with Crippen molar-refractivity contribution in [3.05, 3.63) is 53.8 Å². The summed E-state index contributed by atoms with van der Waals surface area (Å²) < 4.78 is 24.3. The van der Waals surface area contributed by atoms with Crippen LogP contribution in [0.1, 0.15) is 31.1 Å². The Kier molecular flexibility index (Phi) is 6.56. The topological polar surface area (TPSA) is 79.9 Å². The van der Waals surface area contributed by atoms with Crippen LogP contribution in [0, 0.1) is 5.82 Å². The van der Waals surface area contributed by atoms with Crippen LogP contribution in [0.3, 0.4) is 0 Å². The Morgan fingerprint density at radius 2 is 1.67 bits per heavy atom. The zero-order valence-corrected chi connectivity index (χ0v) is 17.3. The van der Waals surface area contributed by atoms with Crippen molar-refractivity contribution >= 4 is 29.1 Å². The van der Waals surface area contributed by atoms with E-state index >= 15 is 0 Å². The second kappa shape index (κ2) is 9.13. The molecule has 2 amide bonds. The van der Waals surface area contributed by atoms with Crippen molar-refractivity contribution in [2.75, 3.05) is 41.8 Å². The van der Waals surface area contributed by atoms with Crippen LogP contribution in [0.2, 0.25) is 0 Å². The second-order valence-electron chi connectivity index (χ2n) is 7.92. The highest BCUT2D eigenvalue weighted by Gasteiger charge is 2.19. The lowest BCUT2D eigenvalue weighted by molar-refractivity contribution is 0.0635. The molecule has 0 aliphatic carbocycles. The number of rotatable bonds is 4. The van der Waals surface area contributed by atoms with Crippen molar-refractivity contribution in [2.45, 2.75) is 26.4 Å². The van der Waals surface area contributed by atoms with Crippen LogP contribution in [-0.2, 0) is 9.47 Å². The van der Waals surface area contributed by atoms with Gasteiger partial charge in [0.25, 0.3) is 5.91 Å². The molecule has 1 heterocycles. The van der Waals surface area contributed by atoms with Gasteiger partial charge in [-0.1, -0.05) is 0 Å². The highest BCUT2D eigenvalue weighted by molar-refractivity contribution is 6.07. The van der Waals surface area contributed by atoms with Gasteiger partial charge in [-0.05, 0) is 63.2 Å². The molecule has 0 bridgehead atoms. The van der Waals surface area contributed by atoms with Crippen LogP contribution in [0.25, 0.3) is 0 Å². The molecule has 8 heteroatoms. The molecule has 2 aromatic rings. The van der Waals surface area contributed by atoms with E-state index in [1.807, 2.05) is 12.1 Å². The van der Waals surface area contributed by atoms with Gasteiger partial charge in [-0.3, -0.25) is 10.1 Å². The van der Waals surface area contributed by atoms with E-state index in [2.05, 4.69) is 15.5 Å². The maximum atomic E-state index is 13.8. The van der Waals surface area contributed by atoms with Gasteiger partial charge in [0.15, 0.2) is 0 Å². The normalized spacial score (nSPS) is 14.2. The van der Waals surface area contributed by atoms with Crippen molar-refractivity contribution in [3.63, 3.8) is 0 Å². The minimum Gasteiger partial charge on any atom is -0.444 e. The fourth-order valence-corrected chi connectivity index (χ4v) is 2.98. The Morgan fingerprint density at radius 3 is 2.30 bits per heavy atom. The van der Waals surface area contributed by atoms with Gasteiger partial charge in [-0.15, -0.1) is 0 Å². The third kappa shape index (κ3) is 5.93. The molecule has 160 valence electrons. The summed E-state index contributed by atoms with van der Waals surface area (Å²) in [5, 5.41) is 5.19. The number of ether oxygens (including phenoxy) is 2. The number of morpholine rings is 1. The molecule has 0 spiro atoms. The third-order valence-electron chi connectivity index (χ3n) is 4.37. The first-order chi connectivity index (χ1) is 14.2. The van der Waals surface area contributed by atoms with E-state index in [1.54, 1.807) is 32.9 Å². The standard InChI is InChI=1S/C22H26FN3O4/c1-22(2,3)30-21(28)25-18-9-6-16(23)14-19(18)24-20(27)15-4-7-17(8-5-15)26-10-12-29-13-11-26/h4-9,14H,10-13H2,1-3H3,(H,24,27)(H,25,28). The van der Waals surface area contributed by atoms with E-state index in [-0.39, 0.29) is 11.4 Å². The first-order valence-corrected chi connectivity index (χ1v) is 9.75. The zero-order chi connectivity index (χ0) is 21.7. The van der Waals surface area contributed by atoms with Crippen LogP contribution >= 0.6 is 0 Å². The van der Waals surface area contributed by atoms with E-state index in [9.17, 15) is 14.0 Å². The predicted molar refractivity (Wildman–Crippen MR) is 114 cm³/mol. The Balaban J connectivity index is 1.71. The predicted octanol–water partition coefficient (Wildman–Crippen LogP) is 4.26. The average molecular weight is 415 g/mol. The first kappa shape index (κ1) is 21.6. The molecule has 0 aromatic heterocycles. The molecule has 30 heavy (non-hydrogen) atoms. The molecule has 0 unspecified atom stereocenters. The average Bonchev–Trinajstić information content (AvgIpc) is 2.69. The monoisotopic (exact) mass is 415 g/mol. The maximum Gasteiger partial charge on any atom is 0.412 e. The quantitative estimate of drug-likeness (QED) is 0.780. The molecular weight excluding hydrogens is 389 g/mol. The van der Waals surface area contributed by atoms with Crippen LogP contribution in [0.5, 0.6) is 0 Å². The molecule has 1 fully saturated rings. The van der Waals surface area contributed by atoms with Crippen molar-refractivity contribution in [3.8, 4) is 0 Å². The lowest BCUT2D eigenvalue weighted by Crippen LogP contribution is -2.36. The number of hydrogen-bond acceptors (Lipinski definition) is 5. The molecule has 2 N–H and O–H groups in total. The minimum atomic E-state index is -0.695. The third-order valence-corrected chi connectivity index (χ3v) is 4.37. The van der Waals surface area contributed by atoms with Gasteiger partial charge in [-0.25, -0.2) is 9.18 Å². The number of nitrogens with one attached hydrogen (secondary N) is 2. The highest BCUT2D eigenvalue weighted by Crippen LogP contribution is 2.25. The lowest BCUT2D eigenvalue weighted by atomic mass is 10.1. The summed E-state index contributed by atoms with van der Waals surface area (Å²) >= 11 is 0. The zero-order valence-electron chi connectivity index (χ0n) is 17.3. The number of halogens is 1. The molecule has 7 nitrogen and oxygen atoms in total. The van der Waals surface area contributed by atoms with Crippen molar-refractivity contribution in [1.82, 2.24) is 0 Å². The van der Waals surface area contributed by atoms with E-state index < -0.39 is 23.4 Å². The smallest absolute Gasteiger partial charge is 0.412 e. The number of amides is 2. The first-order valence-electron chi connectivity index (χ1n) is 9.75. The molecule has 1 saturated heterocycles. The molecular formula is C22H26FN3O4. The Morgan fingerprint density at radius 1 is 1.00 bits per heavy atom. The van der Waals surface area contributed by atoms with Crippen molar-refractivity contribution in [1.29, 1.82) is 0 Å². The summed E-state index contributed by atoms with van der Waals surface area (Å²) in [4.78, 5) is 26.9. The second-order valence-corrected chi connectivity index (χ2v) is 7.92. The lowest BCUT2D eigenvalue weighted by Gasteiger charge is -2.28. The Bertz CT molecular complexity index is 904. The number of anilines is 3. The largest absolute Gasteiger partial charge is 0.444 e. The van der Waals surface area contributed by atoms with E-state index in [0.29, 0.717) is 18.8 Å².